The fourth-order valence-corrected chi connectivity index (χ4v) is 16.5. The molecule has 622 valence electrons. The van der Waals surface area contributed by atoms with Crippen molar-refractivity contribution in [2.45, 2.75) is 191 Å². The average Bonchev–Trinajstić information content (AvgIpc) is 1.65. The van der Waals surface area contributed by atoms with E-state index in [1.165, 1.54) is 14.5 Å². The Morgan fingerprint density at radius 3 is 1.84 bits per heavy atom. The number of likely N-dealkylation sites (tertiary alicyclic amines) is 2. The second-order valence-electron chi connectivity index (χ2n) is 33.2. The lowest BCUT2D eigenvalue weighted by atomic mass is 9.76. The minimum Gasteiger partial charge on any atom is -0.490 e. The quantitative estimate of drug-likeness (QED) is 0.0399. The number of rotatable bonds is 18. The highest BCUT2D eigenvalue weighted by molar-refractivity contribution is 7.90. The summed E-state index contributed by atoms with van der Waals surface area (Å²) >= 11 is 0. The van der Waals surface area contributed by atoms with Crippen LogP contribution in [0.15, 0.2) is 170 Å². The number of benzene rings is 6. The number of Topliss-reactive ketones (excluding diaryl/α,β-unsaturated/α-hetero) is 2. The van der Waals surface area contributed by atoms with Gasteiger partial charge in [0, 0.05) is 69.4 Å². The maximum atomic E-state index is 15.9. The zero-order valence-corrected chi connectivity index (χ0v) is 68.7. The third-order valence-electron chi connectivity index (χ3n) is 22.5. The molecule has 10 bridgehead atoms. The highest BCUT2D eigenvalue weighted by Gasteiger charge is 2.50. The number of likely N-dealkylation sites (N-methyl/N-ethyl adjacent to an activating group) is 2. The second-order valence-corrected chi connectivity index (χ2v) is 35.1. The van der Waals surface area contributed by atoms with Crippen LogP contribution in [0, 0.1) is 22.7 Å². The summed E-state index contributed by atoms with van der Waals surface area (Å²) in [5.41, 5.74) is 1.55. The summed E-state index contributed by atoms with van der Waals surface area (Å²) in [4.78, 5) is 151. The van der Waals surface area contributed by atoms with Crippen LogP contribution in [0.3, 0.4) is 0 Å². The Morgan fingerprint density at radius 1 is 0.632 bits per heavy atom. The number of sulfonamides is 1. The van der Waals surface area contributed by atoms with Crippen LogP contribution in [-0.4, -0.2) is 197 Å². The molecule has 7 heterocycles. The number of carboxylic acids is 1. The van der Waals surface area contributed by atoms with E-state index in [1.54, 1.807) is 140 Å². The first-order chi connectivity index (χ1) is 55.7. The normalized spacial score (nSPS) is 22.5. The maximum Gasteiger partial charge on any atom is 0.326 e. The van der Waals surface area contributed by atoms with Crippen molar-refractivity contribution in [2.24, 2.45) is 22.7 Å². The van der Waals surface area contributed by atoms with E-state index in [2.05, 4.69) is 46.9 Å². The van der Waals surface area contributed by atoms with Gasteiger partial charge in [0.1, 0.15) is 66.4 Å². The lowest BCUT2D eigenvalue weighted by Gasteiger charge is -2.36. The Labute approximate surface area is 682 Å². The standard InChI is InChI=1S/C88H108N12O16S/c1-53(89-9)74(101)48-69(87(3,4)5)84(108)99-51-67-47-73(99)83(107)93-77(76(59-22-13-11-14-23-59)60-24-15-12-16-25-60)75(102)45-62(80(104)96-117(112,113)68-37-38-68)41-55-28-35-66(36-29-55)116-52-63-49-100(97-95-63)64-46-72(98(50-64)85(109)78(88(6,7)8)94-79(103)54(2)90-10)82(106)91-70(44-57-27-32-58-21-17-18-26-61(58)42-57)81(105)92-71(86(110)111)43-56-30-33-65(34-31-56)114-39-19-20-40-115-67/h11-36,42,49,53-54,62,64,67-73,76-78,89-90H,37-41,43-48,50-52H2,1-10H3,(H,91,106)(H,92,105)(H,93,107)(H,94,103)(H,96,104)(H,110,111)/b20-19+/t53-,54-,62+,64-,67-,69+,70-,71-,72-,73-,77+,78+/m0/s1. The van der Waals surface area contributed by atoms with Crippen LogP contribution in [0.25, 0.3) is 10.8 Å². The van der Waals surface area contributed by atoms with Gasteiger partial charge in [-0.05, 0) is 127 Å². The number of ether oxygens (including phenoxy) is 3. The number of carbonyl (C=O) groups excluding carboxylic acids is 9. The van der Waals surface area contributed by atoms with Gasteiger partial charge >= 0.3 is 5.97 Å². The lowest BCUT2D eigenvalue weighted by Crippen LogP contribution is -2.60. The van der Waals surface area contributed by atoms with Crippen LogP contribution in [0.5, 0.6) is 11.5 Å². The van der Waals surface area contributed by atoms with Crippen LogP contribution in [0.2, 0.25) is 0 Å². The predicted octanol–water partition coefficient (Wildman–Crippen LogP) is 7.04. The first-order valence-electron chi connectivity index (χ1n) is 39.9. The number of aromatic nitrogens is 3. The van der Waals surface area contributed by atoms with E-state index in [4.69, 9.17) is 14.2 Å². The van der Waals surface area contributed by atoms with E-state index < -0.39 is 164 Å². The SMILES string of the molecule is CN[C@@H](C)C(=O)C[C@H](C(=O)N1C[C@@H]2C[C@H]1C(=O)N[C@@H](C(c1ccccc1)c1ccccc1)C(=O)C[C@H](C(=O)NS(=O)(=O)C1CC1)Cc1ccc(cc1)OCc1cn(nn1)[C@H]1C[C@@H](C(=O)N[C@@H](Cc3ccc4ccccc4c3)C(=O)N[C@H](C(=O)O)Cc3ccc(cc3)OC/C=C/CO2)N(C(=O)[C@@H](NC(=O)[C@H](C)NC)C(C)(C)C)C1)C(C)(C)C. The molecular formula is C88H108N12O16S. The van der Waals surface area contributed by atoms with Gasteiger partial charge in [0.05, 0.1) is 48.3 Å². The third kappa shape index (κ3) is 22.6. The van der Waals surface area contributed by atoms with E-state index in [1.807, 2.05) is 99.6 Å². The number of carbonyl (C=O) groups is 10. The number of hydrogen-bond donors (Lipinski definition) is 8. The summed E-state index contributed by atoms with van der Waals surface area (Å²) in [7, 11) is -0.904. The van der Waals surface area contributed by atoms with E-state index >= 15 is 24.0 Å². The van der Waals surface area contributed by atoms with Gasteiger partial charge in [-0.2, -0.15) is 0 Å². The molecule has 7 aliphatic rings. The van der Waals surface area contributed by atoms with Crippen molar-refractivity contribution in [3.8, 4) is 11.5 Å². The summed E-state index contributed by atoms with van der Waals surface area (Å²) in [6, 6.07) is 34.5. The van der Waals surface area contributed by atoms with Crippen molar-refractivity contribution in [3.63, 3.8) is 0 Å². The smallest absolute Gasteiger partial charge is 0.326 e. The topological polar surface area (TPSA) is 374 Å². The van der Waals surface area contributed by atoms with Crippen LogP contribution in [0.4, 0.5) is 0 Å². The number of nitrogens with one attached hydrogen (secondary N) is 7. The van der Waals surface area contributed by atoms with E-state index in [-0.39, 0.29) is 77.2 Å². The van der Waals surface area contributed by atoms with Crippen LogP contribution in [0.1, 0.15) is 139 Å². The molecular weight excluding hydrogens is 1510 g/mol. The molecule has 28 nitrogen and oxygen atoms in total. The number of carboxylic acid groups (broad SMARTS) is 1. The Kier molecular flexibility index (Phi) is 28.5. The lowest BCUT2D eigenvalue weighted by molar-refractivity contribution is -0.147. The summed E-state index contributed by atoms with van der Waals surface area (Å²) in [5, 5.41) is 38.1. The van der Waals surface area contributed by atoms with Crippen LogP contribution >= 0.6 is 0 Å². The number of aliphatic carboxylic acids is 1. The Balaban J connectivity index is 0.941. The zero-order valence-electron chi connectivity index (χ0n) is 67.9. The largest absolute Gasteiger partial charge is 0.490 e. The highest BCUT2D eigenvalue weighted by Crippen LogP contribution is 2.38. The molecule has 29 heteroatoms. The van der Waals surface area contributed by atoms with E-state index in [9.17, 15) is 37.5 Å². The molecule has 6 aromatic carbocycles. The molecule has 3 fully saturated rings. The minimum absolute atomic E-state index is 0.00121. The van der Waals surface area contributed by atoms with Crippen LogP contribution < -0.4 is 46.1 Å². The summed E-state index contributed by atoms with van der Waals surface area (Å²) < 4.78 is 50.0. The number of fused-ring (bicyclic) bond motifs is 1. The highest BCUT2D eigenvalue weighted by atomic mass is 32.2. The zero-order chi connectivity index (χ0) is 84.0. The Morgan fingerprint density at radius 2 is 1.22 bits per heavy atom. The van der Waals surface area contributed by atoms with Crippen molar-refractivity contribution in [3.05, 3.63) is 204 Å². The fourth-order valence-electron chi connectivity index (χ4n) is 15.1. The van der Waals surface area contributed by atoms with Gasteiger partial charge < -0.3 is 61.0 Å². The van der Waals surface area contributed by atoms with Gasteiger partial charge in [-0.1, -0.05) is 180 Å². The third-order valence-corrected chi connectivity index (χ3v) is 24.3. The van der Waals surface area contributed by atoms with Gasteiger partial charge in [0.15, 0.2) is 5.78 Å². The van der Waals surface area contributed by atoms with Crippen molar-refractivity contribution in [2.75, 3.05) is 40.4 Å². The fraction of sp³-hybridized carbons (Fsp3) is 0.455. The number of ketones is 2. The number of hydrogen-bond acceptors (Lipinski definition) is 19. The molecule has 1 aliphatic carbocycles. The van der Waals surface area contributed by atoms with Gasteiger partial charge in [-0.25, -0.2) is 17.9 Å². The van der Waals surface area contributed by atoms with Crippen molar-refractivity contribution in [1.82, 2.24) is 61.4 Å². The summed E-state index contributed by atoms with van der Waals surface area (Å²) in [6.07, 6.45) is 3.73. The molecule has 1 aromatic heterocycles. The number of amides is 7. The summed E-state index contributed by atoms with van der Waals surface area (Å²) in [6.45, 7) is 14.0. The number of nitrogens with zero attached hydrogens (tertiary/aromatic N) is 5. The van der Waals surface area contributed by atoms with Gasteiger partial charge in [0.2, 0.25) is 51.4 Å². The first-order valence-corrected chi connectivity index (χ1v) is 41.5. The molecule has 6 aliphatic heterocycles. The molecule has 12 atom stereocenters. The van der Waals surface area contributed by atoms with Gasteiger partial charge in [-0.3, -0.25) is 47.9 Å². The molecule has 14 rings (SSSR count). The van der Waals surface area contributed by atoms with Crippen molar-refractivity contribution < 1.29 is 75.7 Å². The molecule has 117 heavy (non-hydrogen) atoms. The molecule has 8 N–H and O–H groups in total. The van der Waals surface area contributed by atoms with Crippen molar-refractivity contribution >= 4 is 79.7 Å². The molecule has 7 aromatic rings. The predicted molar refractivity (Wildman–Crippen MR) is 438 cm³/mol. The average molecular weight is 1620 g/mol. The minimum atomic E-state index is -4.16. The second kappa shape index (κ2) is 38.4. The molecule has 0 spiro atoms. The van der Waals surface area contributed by atoms with Crippen molar-refractivity contribution in [1.29, 1.82) is 0 Å². The monoisotopic (exact) mass is 1620 g/mol. The molecule has 0 unspecified atom stereocenters. The first kappa shape index (κ1) is 86.8. The van der Waals surface area contributed by atoms with Crippen LogP contribution in [-0.2, 0) is 88.6 Å². The van der Waals surface area contributed by atoms with E-state index in [0.717, 1.165) is 10.8 Å². The molecule has 0 radical (unpaired) electrons. The Hall–Kier alpha value is -11.0. The van der Waals surface area contributed by atoms with Gasteiger partial charge in [-0.15, -0.1) is 5.10 Å². The molecule has 7 amide bonds. The van der Waals surface area contributed by atoms with E-state index in [0.29, 0.717) is 57.9 Å². The molecule has 2 saturated heterocycles. The van der Waals surface area contributed by atoms with Gasteiger partial charge in [0.25, 0.3) is 0 Å². The Bertz CT molecular complexity index is 4820. The summed E-state index contributed by atoms with van der Waals surface area (Å²) in [5.74, 6) is -9.31. The molecule has 1 saturated carbocycles. The maximum absolute atomic E-state index is 15.9.